The molecule has 1 aliphatic rings. The minimum absolute atomic E-state index is 0.00252. The molecule has 0 unspecified atom stereocenters. The first-order chi connectivity index (χ1) is 12.2. The van der Waals surface area contributed by atoms with Gasteiger partial charge in [-0.3, -0.25) is 9.69 Å². The second-order valence-electron chi connectivity index (χ2n) is 6.18. The van der Waals surface area contributed by atoms with Crippen molar-refractivity contribution >= 4 is 11.6 Å². The van der Waals surface area contributed by atoms with Crippen LogP contribution < -0.4 is 5.32 Å². The Morgan fingerprint density at radius 3 is 2.48 bits per heavy atom. The van der Waals surface area contributed by atoms with Gasteiger partial charge in [-0.1, -0.05) is 0 Å². The summed E-state index contributed by atoms with van der Waals surface area (Å²) in [5, 5.41) is 11.7. The van der Waals surface area contributed by atoms with E-state index in [2.05, 4.69) is 21.2 Å². The Labute approximate surface area is 147 Å². The molecule has 1 aromatic carbocycles. The van der Waals surface area contributed by atoms with E-state index in [-0.39, 0.29) is 5.91 Å². The molecule has 1 fully saturated rings. The molecule has 0 radical (unpaired) electrons. The molecule has 1 aliphatic heterocycles. The minimum Gasteiger partial charge on any atom is -0.468 e. The molecule has 0 bridgehead atoms. The van der Waals surface area contributed by atoms with Crippen molar-refractivity contribution in [3.63, 3.8) is 0 Å². The number of nitrogens with zero attached hydrogens (tertiary/aromatic N) is 3. The van der Waals surface area contributed by atoms with Gasteiger partial charge in [-0.15, -0.1) is 0 Å². The van der Waals surface area contributed by atoms with E-state index in [1.54, 1.807) is 30.5 Å². The molecule has 0 saturated carbocycles. The molecular weight excluding hydrogens is 316 g/mol. The molecular formula is C19H22N4O2. The first kappa shape index (κ1) is 17.2. The van der Waals surface area contributed by atoms with Crippen molar-refractivity contribution in [3.8, 4) is 6.07 Å². The van der Waals surface area contributed by atoms with E-state index in [0.29, 0.717) is 12.0 Å². The highest BCUT2D eigenvalue weighted by molar-refractivity contribution is 5.90. The summed E-state index contributed by atoms with van der Waals surface area (Å²) in [4.78, 5) is 16.7. The number of hydrogen-bond acceptors (Lipinski definition) is 5. The lowest BCUT2D eigenvalue weighted by molar-refractivity contribution is -0.116. The largest absolute Gasteiger partial charge is 0.468 e. The normalized spacial score (nSPS) is 15.6. The van der Waals surface area contributed by atoms with E-state index < -0.39 is 0 Å². The van der Waals surface area contributed by atoms with Crippen LogP contribution in [0.2, 0.25) is 0 Å². The Kier molecular flexibility index (Phi) is 5.83. The number of hydrogen-bond donors (Lipinski definition) is 1. The maximum atomic E-state index is 12.1. The first-order valence-corrected chi connectivity index (χ1v) is 8.50. The van der Waals surface area contributed by atoms with Crippen molar-refractivity contribution in [1.29, 1.82) is 5.26 Å². The molecule has 0 aliphatic carbocycles. The number of anilines is 1. The molecule has 0 spiro atoms. The van der Waals surface area contributed by atoms with Crippen LogP contribution in [0.25, 0.3) is 0 Å². The Morgan fingerprint density at radius 1 is 1.12 bits per heavy atom. The van der Waals surface area contributed by atoms with Gasteiger partial charge in [0, 0.05) is 44.8 Å². The predicted molar refractivity (Wildman–Crippen MR) is 94.8 cm³/mol. The SMILES string of the molecule is N#Cc1ccc(NC(=O)CCN2CCN(Cc3ccco3)CC2)cc1. The quantitative estimate of drug-likeness (QED) is 0.875. The van der Waals surface area contributed by atoms with Gasteiger partial charge in [0.2, 0.25) is 5.91 Å². The topological polar surface area (TPSA) is 72.5 Å². The van der Waals surface area contributed by atoms with Gasteiger partial charge in [0.15, 0.2) is 0 Å². The van der Waals surface area contributed by atoms with Crippen LogP contribution >= 0.6 is 0 Å². The third-order valence-corrected chi connectivity index (χ3v) is 4.38. The molecule has 1 N–H and O–H groups in total. The van der Waals surface area contributed by atoms with Crippen LogP contribution in [0.5, 0.6) is 0 Å². The number of furan rings is 1. The van der Waals surface area contributed by atoms with Crippen molar-refractivity contribution in [3.05, 3.63) is 54.0 Å². The van der Waals surface area contributed by atoms with Crippen molar-refractivity contribution < 1.29 is 9.21 Å². The highest BCUT2D eigenvalue weighted by atomic mass is 16.3. The van der Waals surface area contributed by atoms with Gasteiger partial charge in [-0.2, -0.15) is 5.26 Å². The van der Waals surface area contributed by atoms with E-state index >= 15 is 0 Å². The zero-order valence-electron chi connectivity index (χ0n) is 14.1. The summed E-state index contributed by atoms with van der Waals surface area (Å²) in [6, 6.07) is 12.9. The van der Waals surface area contributed by atoms with Crippen LogP contribution in [0, 0.1) is 11.3 Å². The molecule has 0 atom stereocenters. The summed E-state index contributed by atoms with van der Waals surface area (Å²) in [5.74, 6) is 0.998. The lowest BCUT2D eigenvalue weighted by atomic mass is 10.2. The molecule has 1 amide bonds. The minimum atomic E-state index is 0.00252. The number of rotatable bonds is 6. The highest BCUT2D eigenvalue weighted by Crippen LogP contribution is 2.11. The Morgan fingerprint density at radius 2 is 1.84 bits per heavy atom. The Balaban J connectivity index is 1.36. The summed E-state index contributed by atoms with van der Waals surface area (Å²) in [6.45, 7) is 5.50. The van der Waals surface area contributed by atoms with Crippen molar-refractivity contribution in [1.82, 2.24) is 9.80 Å². The number of carbonyl (C=O) groups excluding carboxylic acids is 1. The standard InChI is InChI=1S/C19H22N4O2/c20-14-16-3-5-17(6-4-16)21-19(24)7-8-22-9-11-23(12-10-22)15-18-2-1-13-25-18/h1-6,13H,7-12,15H2,(H,21,24). The number of nitriles is 1. The average Bonchev–Trinajstić information content (AvgIpc) is 3.15. The van der Waals surface area contributed by atoms with Gasteiger partial charge < -0.3 is 14.6 Å². The number of carbonyl (C=O) groups is 1. The lowest BCUT2D eigenvalue weighted by Crippen LogP contribution is -2.46. The summed E-state index contributed by atoms with van der Waals surface area (Å²) in [6.07, 6.45) is 2.18. The Bertz CT molecular complexity index is 711. The molecule has 2 aromatic rings. The number of benzene rings is 1. The van der Waals surface area contributed by atoms with Crippen LogP contribution in [0.1, 0.15) is 17.7 Å². The van der Waals surface area contributed by atoms with Crippen LogP contribution in [0.15, 0.2) is 47.1 Å². The summed E-state index contributed by atoms with van der Waals surface area (Å²) in [5.41, 5.74) is 1.32. The molecule has 6 heteroatoms. The molecule has 2 heterocycles. The fourth-order valence-corrected chi connectivity index (χ4v) is 2.91. The Hall–Kier alpha value is -2.62. The molecule has 1 saturated heterocycles. The average molecular weight is 338 g/mol. The second-order valence-corrected chi connectivity index (χ2v) is 6.18. The summed E-state index contributed by atoms with van der Waals surface area (Å²) >= 11 is 0. The third-order valence-electron chi connectivity index (χ3n) is 4.38. The van der Waals surface area contributed by atoms with Gasteiger partial charge in [0.1, 0.15) is 5.76 Å². The van der Waals surface area contributed by atoms with Gasteiger partial charge in [0.05, 0.1) is 24.4 Å². The molecule has 3 rings (SSSR count). The van der Waals surface area contributed by atoms with Crippen LogP contribution in [0.4, 0.5) is 5.69 Å². The van der Waals surface area contributed by atoms with E-state index in [4.69, 9.17) is 9.68 Å². The van der Waals surface area contributed by atoms with Gasteiger partial charge in [-0.25, -0.2) is 0 Å². The monoisotopic (exact) mass is 338 g/mol. The summed E-state index contributed by atoms with van der Waals surface area (Å²) in [7, 11) is 0. The zero-order valence-corrected chi connectivity index (χ0v) is 14.1. The lowest BCUT2D eigenvalue weighted by Gasteiger charge is -2.34. The van der Waals surface area contributed by atoms with Gasteiger partial charge in [-0.05, 0) is 36.4 Å². The maximum absolute atomic E-state index is 12.1. The van der Waals surface area contributed by atoms with Crippen LogP contribution in [0.3, 0.4) is 0 Å². The van der Waals surface area contributed by atoms with Crippen LogP contribution in [-0.4, -0.2) is 48.4 Å². The van der Waals surface area contributed by atoms with Crippen LogP contribution in [-0.2, 0) is 11.3 Å². The number of nitrogens with one attached hydrogen (secondary N) is 1. The fourth-order valence-electron chi connectivity index (χ4n) is 2.91. The number of amides is 1. The summed E-state index contributed by atoms with van der Waals surface area (Å²) < 4.78 is 5.39. The van der Waals surface area contributed by atoms with E-state index in [9.17, 15) is 4.79 Å². The van der Waals surface area contributed by atoms with Gasteiger partial charge in [0.25, 0.3) is 0 Å². The van der Waals surface area contributed by atoms with E-state index in [1.165, 1.54) is 0 Å². The highest BCUT2D eigenvalue weighted by Gasteiger charge is 2.18. The number of piperazine rings is 1. The maximum Gasteiger partial charge on any atom is 0.225 e. The van der Waals surface area contributed by atoms with Crippen molar-refractivity contribution in [2.45, 2.75) is 13.0 Å². The molecule has 6 nitrogen and oxygen atoms in total. The van der Waals surface area contributed by atoms with Crippen molar-refractivity contribution in [2.24, 2.45) is 0 Å². The smallest absolute Gasteiger partial charge is 0.225 e. The van der Waals surface area contributed by atoms with Gasteiger partial charge >= 0.3 is 0 Å². The second kappa shape index (κ2) is 8.47. The third kappa shape index (κ3) is 5.18. The van der Waals surface area contributed by atoms with E-state index in [0.717, 1.165) is 50.7 Å². The molecule has 25 heavy (non-hydrogen) atoms. The molecule has 1 aromatic heterocycles. The van der Waals surface area contributed by atoms with E-state index in [1.807, 2.05) is 12.1 Å². The van der Waals surface area contributed by atoms with Crippen molar-refractivity contribution in [2.75, 3.05) is 38.0 Å². The fraction of sp³-hybridized carbons (Fsp3) is 0.368. The first-order valence-electron chi connectivity index (χ1n) is 8.50. The molecule has 130 valence electrons. The zero-order chi connectivity index (χ0) is 17.5. The predicted octanol–water partition coefficient (Wildman–Crippen LogP) is 2.30.